The standard InChI is InChI=1S/C15H28OSi/c1-15(2,3)17(4,5)14(16)12-11-13-9-7-6-8-10-13/h13-14,16H,6-10H2,1-5H3. The van der Waals surface area contributed by atoms with E-state index in [2.05, 4.69) is 45.7 Å². The Morgan fingerprint density at radius 1 is 1.12 bits per heavy atom. The summed E-state index contributed by atoms with van der Waals surface area (Å²) in [7, 11) is -1.71. The molecular formula is C15H28OSi. The first-order valence-electron chi connectivity index (χ1n) is 6.94. The van der Waals surface area contributed by atoms with Crippen molar-refractivity contribution in [1.29, 1.82) is 0 Å². The van der Waals surface area contributed by atoms with Gasteiger partial charge in [0.1, 0.15) is 13.8 Å². The van der Waals surface area contributed by atoms with Gasteiger partial charge in [0.2, 0.25) is 0 Å². The van der Waals surface area contributed by atoms with Crippen LogP contribution >= 0.6 is 0 Å². The highest BCUT2D eigenvalue weighted by atomic mass is 28.3. The Morgan fingerprint density at radius 3 is 2.12 bits per heavy atom. The normalized spacial score (nSPS) is 20.6. The maximum Gasteiger partial charge on any atom is 0.103 e. The predicted octanol–water partition coefficient (Wildman–Crippen LogP) is 3.98. The van der Waals surface area contributed by atoms with Crippen molar-refractivity contribution in [3.05, 3.63) is 0 Å². The average molecular weight is 252 g/mol. The third-order valence-corrected chi connectivity index (χ3v) is 10.0. The lowest BCUT2D eigenvalue weighted by Gasteiger charge is -2.38. The van der Waals surface area contributed by atoms with E-state index in [4.69, 9.17) is 0 Å². The molecule has 0 saturated heterocycles. The first kappa shape index (κ1) is 14.8. The molecule has 1 atom stereocenters. The van der Waals surface area contributed by atoms with Gasteiger partial charge in [-0.15, -0.1) is 0 Å². The largest absolute Gasteiger partial charge is 0.384 e. The molecule has 0 bridgehead atoms. The molecule has 0 aromatic heterocycles. The van der Waals surface area contributed by atoms with E-state index >= 15 is 0 Å². The summed E-state index contributed by atoms with van der Waals surface area (Å²) in [5, 5.41) is 10.5. The van der Waals surface area contributed by atoms with Gasteiger partial charge in [-0.3, -0.25) is 0 Å². The zero-order valence-corrected chi connectivity index (χ0v) is 13.1. The quantitative estimate of drug-likeness (QED) is 0.553. The molecule has 0 heterocycles. The molecule has 1 saturated carbocycles. The number of hydrogen-bond acceptors (Lipinski definition) is 1. The predicted molar refractivity (Wildman–Crippen MR) is 77.6 cm³/mol. The van der Waals surface area contributed by atoms with Gasteiger partial charge in [0.15, 0.2) is 0 Å². The summed E-state index contributed by atoms with van der Waals surface area (Å²) in [6.45, 7) is 11.2. The minimum absolute atomic E-state index is 0.202. The molecule has 0 spiro atoms. The van der Waals surface area contributed by atoms with Crippen molar-refractivity contribution in [2.45, 2.75) is 76.7 Å². The van der Waals surface area contributed by atoms with Gasteiger partial charge >= 0.3 is 0 Å². The van der Waals surface area contributed by atoms with Crippen molar-refractivity contribution in [3.63, 3.8) is 0 Å². The fraction of sp³-hybridized carbons (Fsp3) is 0.867. The Bertz CT molecular complexity index is 297. The highest BCUT2D eigenvalue weighted by Crippen LogP contribution is 2.38. The fourth-order valence-corrected chi connectivity index (χ4v) is 3.30. The summed E-state index contributed by atoms with van der Waals surface area (Å²) < 4.78 is 0. The lowest BCUT2D eigenvalue weighted by atomic mass is 9.90. The number of aliphatic hydroxyl groups excluding tert-OH is 1. The van der Waals surface area contributed by atoms with Crippen molar-refractivity contribution in [1.82, 2.24) is 0 Å². The molecule has 98 valence electrons. The maximum absolute atomic E-state index is 10.3. The molecule has 0 radical (unpaired) electrons. The molecular weight excluding hydrogens is 224 g/mol. The summed E-state index contributed by atoms with van der Waals surface area (Å²) in [5.74, 6) is 7.05. The number of aliphatic hydroxyl groups is 1. The maximum atomic E-state index is 10.3. The van der Waals surface area contributed by atoms with Gasteiger partial charge in [-0.1, -0.05) is 65.0 Å². The highest BCUT2D eigenvalue weighted by Gasteiger charge is 2.41. The van der Waals surface area contributed by atoms with Gasteiger partial charge in [-0.2, -0.15) is 0 Å². The third-order valence-electron chi connectivity index (χ3n) is 4.65. The molecule has 0 aromatic carbocycles. The monoisotopic (exact) mass is 252 g/mol. The zero-order chi connectivity index (χ0) is 13.1. The molecule has 1 rings (SSSR count). The second-order valence-corrected chi connectivity index (χ2v) is 12.5. The van der Waals surface area contributed by atoms with Gasteiger partial charge in [-0.25, -0.2) is 0 Å². The Labute approximate surface area is 108 Å². The van der Waals surface area contributed by atoms with Crippen molar-refractivity contribution in [3.8, 4) is 11.8 Å². The molecule has 1 fully saturated rings. The van der Waals surface area contributed by atoms with Crippen LogP contribution in [0.2, 0.25) is 18.1 Å². The Hall–Kier alpha value is -0.263. The number of rotatable bonds is 1. The van der Waals surface area contributed by atoms with Gasteiger partial charge in [0.25, 0.3) is 0 Å². The third kappa shape index (κ3) is 3.86. The van der Waals surface area contributed by atoms with Crippen LogP contribution in [0.15, 0.2) is 0 Å². The zero-order valence-electron chi connectivity index (χ0n) is 12.1. The number of hydrogen-bond donors (Lipinski definition) is 1. The molecule has 1 N–H and O–H groups in total. The first-order valence-corrected chi connectivity index (χ1v) is 10.0. The van der Waals surface area contributed by atoms with E-state index in [1.165, 1.54) is 32.1 Å². The highest BCUT2D eigenvalue weighted by molar-refractivity contribution is 6.81. The Balaban J connectivity index is 2.65. The summed E-state index contributed by atoms with van der Waals surface area (Å²) >= 11 is 0. The Kier molecular flexibility index (Phi) is 4.86. The van der Waals surface area contributed by atoms with Gasteiger partial charge < -0.3 is 5.11 Å². The molecule has 0 amide bonds. The molecule has 1 nitrogen and oxygen atoms in total. The van der Waals surface area contributed by atoms with Gasteiger partial charge in [0, 0.05) is 5.92 Å². The fourth-order valence-electron chi connectivity index (χ4n) is 2.03. The molecule has 1 aliphatic rings. The van der Waals surface area contributed by atoms with Crippen molar-refractivity contribution in [2.75, 3.05) is 0 Å². The molecule has 1 aliphatic carbocycles. The van der Waals surface area contributed by atoms with E-state index in [0.29, 0.717) is 5.92 Å². The van der Waals surface area contributed by atoms with E-state index in [9.17, 15) is 5.11 Å². The molecule has 1 unspecified atom stereocenters. The van der Waals surface area contributed by atoms with Crippen molar-refractivity contribution < 1.29 is 5.11 Å². The van der Waals surface area contributed by atoms with Crippen molar-refractivity contribution in [2.24, 2.45) is 5.92 Å². The van der Waals surface area contributed by atoms with Crippen LogP contribution in [0.25, 0.3) is 0 Å². The molecule has 0 aliphatic heterocycles. The van der Waals surface area contributed by atoms with E-state index in [1.54, 1.807) is 0 Å². The van der Waals surface area contributed by atoms with Gasteiger partial charge in [-0.05, 0) is 17.9 Å². The smallest absolute Gasteiger partial charge is 0.103 e. The summed E-state index contributed by atoms with van der Waals surface area (Å²) in [6.07, 6.45) is 6.46. The van der Waals surface area contributed by atoms with Crippen LogP contribution in [0.4, 0.5) is 0 Å². The molecule has 17 heavy (non-hydrogen) atoms. The second kappa shape index (κ2) is 5.59. The lowest BCUT2D eigenvalue weighted by molar-refractivity contribution is 0.292. The van der Waals surface area contributed by atoms with Crippen LogP contribution in [-0.4, -0.2) is 18.9 Å². The van der Waals surface area contributed by atoms with Crippen LogP contribution < -0.4 is 0 Å². The minimum Gasteiger partial charge on any atom is -0.384 e. The van der Waals surface area contributed by atoms with E-state index in [0.717, 1.165) is 0 Å². The van der Waals surface area contributed by atoms with Crippen LogP contribution in [-0.2, 0) is 0 Å². The summed E-state index contributed by atoms with van der Waals surface area (Å²) in [4.78, 5) is 0. The van der Waals surface area contributed by atoms with E-state index < -0.39 is 8.07 Å². The second-order valence-electron chi connectivity index (χ2n) is 7.00. The summed E-state index contributed by atoms with van der Waals surface area (Å²) in [6, 6.07) is 0. The first-order chi connectivity index (χ1) is 7.75. The Morgan fingerprint density at radius 2 is 1.65 bits per heavy atom. The lowest BCUT2D eigenvalue weighted by Crippen LogP contribution is -2.48. The van der Waals surface area contributed by atoms with E-state index in [-0.39, 0.29) is 10.8 Å². The van der Waals surface area contributed by atoms with Gasteiger partial charge in [0.05, 0.1) is 0 Å². The topological polar surface area (TPSA) is 20.2 Å². The van der Waals surface area contributed by atoms with Crippen LogP contribution in [0.5, 0.6) is 0 Å². The van der Waals surface area contributed by atoms with Crippen molar-refractivity contribution >= 4 is 8.07 Å². The minimum atomic E-state index is -1.71. The van der Waals surface area contributed by atoms with Crippen LogP contribution in [0.3, 0.4) is 0 Å². The van der Waals surface area contributed by atoms with Crippen LogP contribution in [0, 0.1) is 17.8 Å². The molecule has 0 aromatic rings. The molecule has 2 heteroatoms. The van der Waals surface area contributed by atoms with E-state index in [1.807, 2.05) is 0 Å². The average Bonchev–Trinajstić information content (AvgIpc) is 2.25. The SMILES string of the molecule is CC(C)(C)[Si](C)(C)C(O)C#CC1CCCCC1. The summed E-state index contributed by atoms with van der Waals surface area (Å²) in [5.41, 5.74) is -0.385. The van der Waals surface area contributed by atoms with Crippen LogP contribution in [0.1, 0.15) is 52.9 Å².